The zero-order valence-electron chi connectivity index (χ0n) is 9.69. The summed E-state index contributed by atoms with van der Waals surface area (Å²) in [6, 6.07) is 7.15. The summed E-state index contributed by atoms with van der Waals surface area (Å²) in [4.78, 5) is 11.6. The third kappa shape index (κ3) is 4.21. The first kappa shape index (κ1) is 14.9. The van der Waals surface area contributed by atoms with Crippen molar-refractivity contribution in [3.05, 3.63) is 35.4 Å². The molecule has 1 aromatic rings. The lowest BCUT2D eigenvalue weighted by Crippen LogP contribution is -2.34. The number of nitrogens with two attached hydrogens (primary N) is 1. The molecule has 0 radical (unpaired) electrons. The number of aryl methyl sites for hydroxylation is 1. The van der Waals surface area contributed by atoms with Gasteiger partial charge in [-0.05, 0) is 18.9 Å². The van der Waals surface area contributed by atoms with E-state index in [2.05, 4.69) is 5.32 Å². The average molecular weight is 243 g/mol. The highest BCUT2D eigenvalue weighted by molar-refractivity contribution is 5.85. The molecule has 1 atom stereocenters. The summed E-state index contributed by atoms with van der Waals surface area (Å²) in [6.45, 7) is 4.70. The van der Waals surface area contributed by atoms with E-state index in [1.54, 1.807) is 0 Å². The van der Waals surface area contributed by atoms with Gasteiger partial charge in [0.2, 0.25) is 5.91 Å². The number of hydrogen-bond donors (Lipinski definition) is 2. The molecule has 1 unspecified atom stereocenters. The first-order chi connectivity index (χ1) is 7.15. The van der Waals surface area contributed by atoms with Crippen LogP contribution in [-0.2, 0) is 4.79 Å². The lowest BCUT2D eigenvalue weighted by atomic mass is 10.1. The summed E-state index contributed by atoms with van der Waals surface area (Å²) in [5.41, 5.74) is 7.84. The fourth-order valence-corrected chi connectivity index (χ4v) is 1.28. The summed E-state index contributed by atoms with van der Waals surface area (Å²) in [5, 5.41) is 2.78. The molecule has 1 amide bonds. The first-order valence-corrected chi connectivity index (χ1v) is 5.25. The van der Waals surface area contributed by atoms with Crippen LogP contribution in [0.1, 0.15) is 30.5 Å². The van der Waals surface area contributed by atoms with Gasteiger partial charge in [0.15, 0.2) is 0 Å². The quantitative estimate of drug-likeness (QED) is 0.848. The van der Waals surface area contributed by atoms with Crippen molar-refractivity contribution in [1.82, 2.24) is 5.32 Å². The fourth-order valence-electron chi connectivity index (χ4n) is 1.28. The molecule has 0 spiro atoms. The number of rotatable bonds is 4. The van der Waals surface area contributed by atoms with Crippen LogP contribution in [0.4, 0.5) is 0 Å². The molecular weight excluding hydrogens is 224 g/mol. The average Bonchev–Trinajstić information content (AvgIpc) is 2.26. The molecular formula is C12H19ClN2O. The van der Waals surface area contributed by atoms with Gasteiger partial charge in [-0.3, -0.25) is 4.79 Å². The summed E-state index contributed by atoms with van der Waals surface area (Å²) in [5.74, 6) is -0.110. The van der Waals surface area contributed by atoms with Crippen molar-refractivity contribution in [2.45, 2.75) is 26.3 Å². The van der Waals surface area contributed by atoms with Gasteiger partial charge >= 0.3 is 0 Å². The Morgan fingerprint density at radius 1 is 1.38 bits per heavy atom. The van der Waals surface area contributed by atoms with E-state index < -0.39 is 6.04 Å². The van der Waals surface area contributed by atoms with Crippen LogP contribution in [0.25, 0.3) is 0 Å². The molecule has 4 heteroatoms. The van der Waals surface area contributed by atoms with E-state index in [4.69, 9.17) is 5.73 Å². The van der Waals surface area contributed by atoms with Crippen molar-refractivity contribution in [1.29, 1.82) is 0 Å². The second-order valence-electron chi connectivity index (χ2n) is 3.68. The van der Waals surface area contributed by atoms with Crippen molar-refractivity contribution >= 4 is 18.3 Å². The van der Waals surface area contributed by atoms with Gasteiger partial charge in [-0.25, -0.2) is 0 Å². The van der Waals surface area contributed by atoms with Gasteiger partial charge in [-0.15, -0.1) is 12.4 Å². The maximum atomic E-state index is 11.6. The second kappa shape index (κ2) is 7.25. The number of amides is 1. The van der Waals surface area contributed by atoms with Crippen molar-refractivity contribution in [2.75, 3.05) is 6.54 Å². The number of hydrogen-bond acceptors (Lipinski definition) is 2. The van der Waals surface area contributed by atoms with Crippen molar-refractivity contribution in [3.63, 3.8) is 0 Å². The first-order valence-electron chi connectivity index (χ1n) is 5.25. The Labute approximate surface area is 103 Å². The summed E-state index contributed by atoms with van der Waals surface area (Å²) in [6.07, 6.45) is 0.923. The van der Waals surface area contributed by atoms with Crippen molar-refractivity contribution in [2.24, 2.45) is 5.73 Å². The predicted octanol–water partition coefficient (Wildman–Crippen LogP) is 1.94. The summed E-state index contributed by atoms with van der Waals surface area (Å²) >= 11 is 0. The minimum absolute atomic E-state index is 0. The van der Waals surface area contributed by atoms with E-state index in [1.165, 1.54) is 5.56 Å². The van der Waals surface area contributed by atoms with Gasteiger partial charge in [-0.1, -0.05) is 36.8 Å². The number of nitrogens with one attached hydrogen (secondary N) is 1. The summed E-state index contributed by atoms with van der Waals surface area (Å²) in [7, 11) is 0. The SMILES string of the molecule is CCCNC(=O)C(N)c1ccc(C)cc1.Cl. The second-order valence-corrected chi connectivity index (χ2v) is 3.68. The van der Waals surface area contributed by atoms with Crippen LogP contribution >= 0.6 is 12.4 Å². The van der Waals surface area contributed by atoms with Crippen molar-refractivity contribution in [3.8, 4) is 0 Å². The molecule has 1 aromatic carbocycles. The van der Waals surface area contributed by atoms with Crippen molar-refractivity contribution < 1.29 is 4.79 Å². The zero-order chi connectivity index (χ0) is 11.3. The van der Waals surface area contributed by atoms with Crippen LogP contribution in [0.5, 0.6) is 0 Å². The molecule has 3 nitrogen and oxygen atoms in total. The number of carbonyl (C=O) groups excluding carboxylic acids is 1. The number of benzene rings is 1. The van der Waals surface area contributed by atoms with Crippen LogP contribution in [0.3, 0.4) is 0 Å². The largest absolute Gasteiger partial charge is 0.354 e. The minimum atomic E-state index is -0.558. The highest BCUT2D eigenvalue weighted by atomic mass is 35.5. The number of carbonyl (C=O) groups is 1. The Balaban J connectivity index is 0.00000225. The molecule has 16 heavy (non-hydrogen) atoms. The lowest BCUT2D eigenvalue weighted by molar-refractivity contribution is -0.122. The molecule has 3 N–H and O–H groups in total. The molecule has 0 aliphatic rings. The predicted molar refractivity (Wildman–Crippen MR) is 68.7 cm³/mol. The van der Waals surface area contributed by atoms with Crippen LogP contribution in [0.2, 0.25) is 0 Å². The molecule has 0 fully saturated rings. The highest BCUT2D eigenvalue weighted by Gasteiger charge is 2.14. The summed E-state index contributed by atoms with van der Waals surface area (Å²) < 4.78 is 0. The molecule has 0 aliphatic heterocycles. The Bertz CT molecular complexity index is 324. The van der Waals surface area contributed by atoms with Gasteiger partial charge in [0.25, 0.3) is 0 Å². The van der Waals surface area contributed by atoms with E-state index in [9.17, 15) is 4.79 Å². The van der Waals surface area contributed by atoms with E-state index in [-0.39, 0.29) is 18.3 Å². The minimum Gasteiger partial charge on any atom is -0.354 e. The third-order valence-electron chi connectivity index (χ3n) is 2.27. The van der Waals surface area contributed by atoms with Crippen LogP contribution < -0.4 is 11.1 Å². The van der Waals surface area contributed by atoms with Crippen LogP contribution in [-0.4, -0.2) is 12.5 Å². The zero-order valence-corrected chi connectivity index (χ0v) is 10.5. The highest BCUT2D eigenvalue weighted by Crippen LogP contribution is 2.11. The van der Waals surface area contributed by atoms with Gasteiger partial charge in [0.1, 0.15) is 6.04 Å². The Morgan fingerprint density at radius 3 is 2.44 bits per heavy atom. The normalized spacial score (nSPS) is 11.4. The standard InChI is InChI=1S/C12H18N2O.ClH/c1-3-8-14-12(15)11(13)10-6-4-9(2)5-7-10;/h4-7,11H,3,8,13H2,1-2H3,(H,14,15);1H. The monoisotopic (exact) mass is 242 g/mol. The maximum absolute atomic E-state index is 11.6. The molecule has 0 heterocycles. The topological polar surface area (TPSA) is 55.1 Å². The van der Waals surface area contributed by atoms with Gasteiger partial charge in [-0.2, -0.15) is 0 Å². The van der Waals surface area contributed by atoms with Gasteiger partial charge in [0, 0.05) is 6.54 Å². The number of halogens is 1. The smallest absolute Gasteiger partial charge is 0.241 e. The maximum Gasteiger partial charge on any atom is 0.241 e. The Kier molecular flexibility index (Phi) is 6.77. The molecule has 90 valence electrons. The van der Waals surface area contributed by atoms with E-state index in [1.807, 2.05) is 38.1 Å². The van der Waals surface area contributed by atoms with E-state index >= 15 is 0 Å². The lowest BCUT2D eigenvalue weighted by Gasteiger charge is -2.12. The molecule has 0 saturated carbocycles. The molecule has 0 bridgehead atoms. The van der Waals surface area contributed by atoms with E-state index in [0.717, 1.165) is 12.0 Å². The van der Waals surface area contributed by atoms with Crippen LogP contribution in [0, 0.1) is 6.92 Å². The third-order valence-corrected chi connectivity index (χ3v) is 2.27. The van der Waals surface area contributed by atoms with Gasteiger partial charge in [0.05, 0.1) is 0 Å². The Morgan fingerprint density at radius 2 is 1.94 bits per heavy atom. The van der Waals surface area contributed by atoms with Crippen LogP contribution in [0.15, 0.2) is 24.3 Å². The molecule has 0 aromatic heterocycles. The Hall–Kier alpha value is -1.06. The van der Waals surface area contributed by atoms with Gasteiger partial charge < -0.3 is 11.1 Å². The molecule has 1 rings (SSSR count). The molecule has 0 aliphatic carbocycles. The molecule has 0 saturated heterocycles. The fraction of sp³-hybridized carbons (Fsp3) is 0.417. The van der Waals surface area contributed by atoms with E-state index in [0.29, 0.717) is 6.54 Å².